The van der Waals surface area contributed by atoms with Gasteiger partial charge >= 0.3 is 6.18 Å². The van der Waals surface area contributed by atoms with Crippen molar-refractivity contribution in [3.8, 4) is 0 Å². The second-order valence-electron chi connectivity index (χ2n) is 7.55. The van der Waals surface area contributed by atoms with Crippen LogP contribution in [0.15, 0.2) is 41.8 Å². The number of alkyl halides is 3. The number of carbonyl (C=O) groups excluding carboxylic acids is 3. The molecule has 1 aromatic carbocycles. The molecule has 3 amide bonds. The second kappa shape index (κ2) is 10.8. The number of hydrogen-bond acceptors (Lipinski definition) is 5. The van der Waals surface area contributed by atoms with E-state index in [-0.39, 0.29) is 30.6 Å². The number of benzene rings is 1. The largest absolute Gasteiger partial charge is 0.418 e. The Balaban J connectivity index is 1.50. The van der Waals surface area contributed by atoms with Gasteiger partial charge in [-0.05, 0) is 30.1 Å². The van der Waals surface area contributed by atoms with Crippen LogP contribution < -0.4 is 5.32 Å². The predicted molar refractivity (Wildman–Crippen MR) is 119 cm³/mol. The van der Waals surface area contributed by atoms with E-state index in [0.29, 0.717) is 37.6 Å². The van der Waals surface area contributed by atoms with Crippen LogP contribution in [0.25, 0.3) is 0 Å². The molecule has 0 unspecified atom stereocenters. The number of piperazine rings is 1. The summed E-state index contributed by atoms with van der Waals surface area (Å²) < 4.78 is 39.4. The smallest absolute Gasteiger partial charge is 0.338 e. The van der Waals surface area contributed by atoms with Gasteiger partial charge < -0.3 is 15.1 Å². The third kappa shape index (κ3) is 6.55. The van der Waals surface area contributed by atoms with Crippen molar-refractivity contribution in [1.82, 2.24) is 14.7 Å². The Morgan fingerprint density at radius 2 is 1.67 bits per heavy atom. The Labute approximate surface area is 193 Å². The summed E-state index contributed by atoms with van der Waals surface area (Å²) in [5.74, 6) is -0.876. The molecule has 11 heteroatoms. The molecule has 0 spiro atoms. The summed E-state index contributed by atoms with van der Waals surface area (Å²) in [4.78, 5) is 43.1. The molecule has 0 atom stereocenters. The third-order valence-corrected chi connectivity index (χ3v) is 6.19. The van der Waals surface area contributed by atoms with Gasteiger partial charge in [-0.2, -0.15) is 13.2 Å². The SMILES string of the molecule is CCN(CC(=O)Nc1ccccc1C(F)(F)F)CC(=O)N1CCN(C(=O)c2cccs2)CC1. The highest BCUT2D eigenvalue weighted by atomic mass is 32.1. The summed E-state index contributed by atoms with van der Waals surface area (Å²) in [6.45, 7) is 3.50. The number of para-hydroxylation sites is 1. The van der Waals surface area contributed by atoms with Crippen molar-refractivity contribution >= 4 is 34.7 Å². The third-order valence-electron chi connectivity index (χ3n) is 5.33. The normalized spacial score (nSPS) is 14.5. The second-order valence-corrected chi connectivity index (χ2v) is 8.49. The van der Waals surface area contributed by atoms with Crippen LogP contribution in [0.4, 0.5) is 18.9 Å². The van der Waals surface area contributed by atoms with Gasteiger partial charge in [0.15, 0.2) is 0 Å². The van der Waals surface area contributed by atoms with E-state index in [9.17, 15) is 27.6 Å². The van der Waals surface area contributed by atoms with E-state index in [1.54, 1.807) is 27.7 Å². The van der Waals surface area contributed by atoms with Gasteiger partial charge in [-0.15, -0.1) is 11.3 Å². The van der Waals surface area contributed by atoms with Gasteiger partial charge in [-0.3, -0.25) is 19.3 Å². The van der Waals surface area contributed by atoms with E-state index in [2.05, 4.69) is 5.32 Å². The first-order valence-electron chi connectivity index (χ1n) is 10.5. The van der Waals surface area contributed by atoms with Crippen LogP contribution in [0, 0.1) is 0 Å². The standard InChI is InChI=1S/C22H25F3N4O3S/c1-2-27(14-19(30)26-17-7-4-3-6-16(17)22(23,24)25)15-20(31)28-9-11-29(12-10-28)21(32)18-8-5-13-33-18/h3-8,13H,2,9-12,14-15H2,1H3,(H,26,30). The average molecular weight is 483 g/mol. The molecule has 1 saturated heterocycles. The molecule has 33 heavy (non-hydrogen) atoms. The predicted octanol–water partition coefficient (Wildman–Crippen LogP) is 3.01. The van der Waals surface area contributed by atoms with Crippen molar-refractivity contribution in [2.45, 2.75) is 13.1 Å². The van der Waals surface area contributed by atoms with Crippen LogP contribution in [0.1, 0.15) is 22.2 Å². The summed E-state index contributed by atoms with van der Waals surface area (Å²) in [7, 11) is 0. The molecule has 1 aromatic heterocycles. The zero-order chi connectivity index (χ0) is 24.0. The monoisotopic (exact) mass is 482 g/mol. The van der Waals surface area contributed by atoms with Gasteiger partial charge in [0.1, 0.15) is 0 Å². The first-order valence-corrected chi connectivity index (χ1v) is 11.4. The lowest BCUT2D eigenvalue weighted by Crippen LogP contribution is -2.53. The van der Waals surface area contributed by atoms with Gasteiger partial charge in [0.2, 0.25) is 11.8 Å². The molecule has 0 bridgehead atoms. The number of nitrogens with one attached hydrogen (secondary N) is 1. The molecule has 0 radical (unpaired) electrons. The van der Waals surface area contributed by atoms with Crippen molar-refractivity contribution in [3.05, 3.63) is 52.2 Å². The Morgan fingerprint density at radius 1 is 1.00 bits per heavy atom. The molecule has 0 saturated carbocycles. The van der Waals surface area contributed by atoms with Gasteiger partial charge in [0.05, 0.1) is 29.2 Å². The molecule has 2 heterocycles. The van der Waals surface area contributed by atoms with Gasteiger partial charge in [0.25, 0.3) is 5.91 Å². The molecular weight excluding hydrogens is 457 g/mol. The summed E-state index contributed by atoms with van der Waals surface area (Å²) in [5, 5.41) is 4.14. The van der Waals surface area contributed by atoms with Gasteiger partial charge in [-0.25, -0.2) is 0 Å². The zero-order valence-electron chi connectivity index (χ0n) is 18.1. The van der Waals surface area contributed by atoms with Crippen molar-refractivity contribution in [2.75, 3.05) is 51.1 Å². The molecule has 3 rings (SSSR count). The first kappa shape index (κ1) is 24.7. The lowest BCUT2D eigenvalue weighted by atomic mass is 10.1. The fourth-order valence-electron chi connectivity index (χ4n) is 3.52. The topological polar surface area (TPSA) is 73.0 Å². The maximum atomic E-state index is 13.1. The number of halogens is 3. The quantitative estimate of drug-likeness (QED) is 0.659. The average Bonchev–Trinajstić information content (AvgIpc) is 3.32. The van der Waals surface area contributed by atoms with E-state index >= 15 is 0 Å². The van der Waals surface area contributed by atoms with Gasteiger partial charge in [0, 0.05) is 26.2 Å². The molecule has 1 aliphatic rings. The fraction of sp³-hybridized carbons (Fsp3) is 0.409. The van der Waals surface area contributed by atoms with E-state index < -0.39 is 17.6 Å². The number of rotatable bonds is 7. The zero-order valence-corrected chi connectivity index (χ0v) is 18.9. The lowest BCUT2D eigenvalue weighted by Gasteiger charge is -2.35. The van der Waals surface area contributed by atoms with Crippen molar-refractivity contribution in [2.24, 2.45) is 0 Å². The molecule has 2 aromatic rings. The summed E-state index contributed by atoms with van der Waals surface area (Å²) in [6.07, 6.45) is -4.59. The highest BCUT2D eigenvalue weighted by Crippen LogP contribution is 2.34. The summed E-state index contributed by atoms with van der Waals surface area (Å²) in [5.41, 5.74) is -1.24. The summed E-state index contributed by atoms with van der Waals surface area (Å²) in [6, 6.07) is 8.34. The molecule has 1 aliphatic heterocycles. The molecule has 0 aliphatic carbocycles. The van der Waals surface area contributed by atoms with E-state index in [1.807, 2.05) is 11.4 Å². The molecular formula is C22H25F3N4O3S. The van der Waals surface area contributed by atoms with Gasteiger partial charge in [-0.1, -0.05) is 25.1 Å². The van der Waals surface area contributed by atoms with Crippen LogP contribution >= 0.6 is 11.3 Å². The molecule has 178 valence electrons. The number of thiophene rings is 1. The minimum atomic E-state index is -4.59. The van der Waals surface area contributed by atoms with Crippen molar-refractivity contribution in [1.29, 1.82) is 0 Å². The number of likely N-dealkylation sites (N-methyl/N-ethyl adjacent to an activating group) is 1. The van der Waals surface area contributed by atoms with Crippen LogP contribution in [0.3, 0.4) is 0 Å². The van der Waals surface area contributed by atoms with Crippen LogP contribution in [-0.4, -0.2) is 78.2 Å². The van der Waals surface area contributed by atoms with Crippen LogP contribution in [-0.2, 0) is 15.8 Å². The van der Waals surface area contributed by atoms with Crippen molar-refractivity contribution < 1.29 is 27.6 Å². The molecule has 7 nitrogen and oxygen atoms in total. The highest BCUT2D eigenvalue weighted by molar-refractivity contribution is 7.12. The highest BCUT2D eigenvalue weighted by Gasteiger charge is 2.33. The fourth-order valence-corrected chi connectivity index (χ4v) is 4.21. The number of anilines is 1. The summed E-state index contributed by atoms with van der Waals surface area (Å²) >= 11 is 1.37. The van der Waals surface area contributed by atoms with E-state index in [4.69, 9.17) is 0 Å². The molecule has 1 N–H and O–H groups in total. The first-order chi connectivity index (χ1) is 15.7. The van der Waals surface area contributed by atoms with E-state index in [0.717, 1.165) is 6.07 Å². The molecule has 1 fully saturated rings. The minimum absolute atomic E-state index is 0.0380. The maximum absolute atomic E-state index is 13.1. The Kier molecular flexibility index (Phi) is 8.09. The number of hydrogen-bond donors (Lipinski definition) is 1. The number of amides is 3. The van der Waals surface area contributed by atoms with E-state index in [1.165, 1.54) is 29.5 Å². The lowest BCUT2D eigenvalue weighted by molar-refractivity contribution is -0.137. The Hall–Kier alpha value is -2.92. The number of nitrogens with zero attached hydrogens (tertiary/aromatic N) is 3. The Morgan fingerprint density at radius 3 is 2.27 bits per heavy atom. The van der Waals surface area contributed by atoms with Crippen LogP contribution in [0.5, 0.6) is 0 Å². The van der Waals surface area contributed by atoms with Crippen molar-refractivity contribution in [3.63, 3.8) is 0 Å². The number of carbonyl (C=O) groups is 3. The minimum Gasteiger partial charge on any atom is -0.338 e. The maximum Gasteiger partial charge on any atom is 0.418 e. The van der Waals surface area contributed by atoms with Crippen LogP contribution in [0.2, 0.25) is 0 Å². The Bertz CT molecular complexity index is 974.